The van der Waals surface area contributed by atoms with Crippen molar-refractivity contribution in [3.05, 3.63) is 90.0 Å². The van der Waals surface area contributed by atoms with Crippen LogP contribution in [0.4, 0.5) is 0 Å². The molecule has 0 saturated carbocycles. The third kappa shape index (κ3) is 7.91. The number of carbonyl (C=O) groups is 2. The smallest absolute Gasteiger partial charge is 0.241 e. The third-order valence-electron chi connectivity index (χ3n) is 6.98. The second kappa shape index (κ2) is 13.9. The monoisotopic (exact) mass is 570 g/mol. The molecule has 8 nitrogen and oxygen atoms in total. The van der Waals surface area contributed by atoms with Crippen molar-refractivity contribution in [2.24, 2.45) is 0 Å². The van der Waals surface area contributed by atoms with E-state index in [9.17, 15) is 18.0 Å². The predicted octanol–water partition coefficient (Wildman–Crippen LogP) is 5.25. The van der Waals surface area contributed by atoms with Crippen LogP contribution in [0.5, 0.6) is 0 Å². The molecular weight excluding hydrogens is 536 g/mol. The molecule has 0 unspecified atom stereocenters. The molecule has 0 saturated heterocycles. The Hall–Kier alpha value is -4.26. The van der Waals surface area contributed by atoms with Crippen molar-refractivity contribution in [2.45, 2.75) is 56.4 Å². The molecule has 1 atom stereocenters. The normalized spacial score (nSPS) is 12.1. The summed E-state index contributed by atoms with van der Waals surface area (Å²) in [6.45, 7) is 1.86. The summed E-state index contributed by atoms with van der Waals surface area (Å²) in [5.74, 6) is -0.303. The maximum atomic E-state index is 13.3. The van der Waals surface area contributed by atoms with Crippen LogP contribution in [0.2, 0.25) is 0 Å². The Kier molecular flexibility index (Phi) is 10.1. The number of unbranched alkanes of at least 4 members (excludes halogenated alkanes) is 2. The molecular formula is C32H34N4O4S. The van der Waals surface area contributed by atoms with Gasteiger partial charge >= 0.3 is 0 Å². The molecule has 1 heterocycles. The van der Waals surface area contributed by atoms with Crippen molar-refractivity contribution in [1.29, 1.82) is 5.26 Å². The van der Waals surface area contributed by atoms with Crippen LogP contribution in [0.1, 0.15) is 50.2 Å². The highest BCUT2D eigenvalue weighted by molar-refractivity contribution is 7.89. The number of sulfonamides is 1. The summed E-state index contributed by atoms with van der Waals surface area (Å²) >= 11 is 0. The molecule has 0 aliphatic carbocycles. The Labute approximate surface area is 240 Å². The number of hydrogen-bond donors (Lipinski definition) is 3. The van der Waals surface area contributed by atoms with Crippen molar-refractivity contribution in [1.82, 2.24) is 15.0 Å². The number of H-pyrrole nitrogens is 1. The summed E-state index contributed by atoms with van der Waals surface area (Å²) < 4.78 is 28.8. The van der Waals surface area contributed by atoms with Gasteiger partial charge < -0.3 is 15.1 Å². The van der Waals surface area contributed by atoms with Gasteiger partial charge in [-0.1, -0.05) is 61.4 Å². The van der Waals surface area contributed by atoms with Gasteiger partial charge in [-0.25, -0.2) is 8.42 Å². The largest absolute Gasteiger partial charge is 0.354 e. The van der Waals surface area contributed by atoms with E-state index in [0.717, 1.165) is 27.7 Å². The number of fused-ring (bicyclic) bond motifs is 1. The Morgan fingerprint density at radius 3 is 2.34 bits per heavy atom. The number of aromatic amines is 1. The zero-order valence-electron chi connectivity index (χ0n) is 23.0. The molecule has 3 N–H and O–H groups in total. The van der Waals surface area contributed by atoms with Gasteiger partial charge in [0.05, 0.1) is 16.5 Å². The van der Waals surface area contributed by atoms with Crippen LogP contribution < -0.4 is 10.0 Å². The molecule has 0 aliphatic heterocycles. The van der Waals surface area contributed by atoms with E-state index in [-0.39, 0.29) is 10.7 Å². The number of benzene rings is 3. The lowest BCUT2D eigenvalue weighted by atomic mass is 10.0. The maximum absolute atomic E-state index is 13.3. The molecule has 1 amide bonds. The number of nitrogens with one attached hydrogen (secondary N) is 3. The van der Waals surface area contributed by atoms with E-state index in [0.29, 0.717) is 50.6 Å². The second-order valence-electron chi connectivity index (χ2n) is 10.0. The highest BCUT2D eigenvalue weighted by Gasteiger charge is 2.25. The van der Waals surface area contributed by atoms with Gasteiger partial charge in [-0.15, -0.1) is 0 Å². The summed E-state index contributed by atoms with van der Waals surface area (Å²) in [4.78, 5) is 28.1. The summed E-state index contributed by atoms with van der Waals surface area (Å²) in [7, 11) is -4.00. The lowest BCUT2D eigenvalue weighted by molar-refractivity contribution is -0.123. The summed E-state index contributed by atoms with van der Waals surface area (Å²) in [5.41, 5.74) is 4.46. The van der Waals surface area contributed by atoms with Gasteiger partial charge in [0.25, 0.3) is 0 Å². The number of nitrogens with zero attached hydrogens (tertiary/aromatic N) is 1. The number of hydrogen-bond acceptors (Lipinski definition) is 5. The summed E-state index contributed by atoms with van der Waals surface area (Å²) in [6, 6.07) is 24.6. The number of ketones is 1. The van der Waals surface area contributed by atoms with Crippen LogP contribution in [0, 0.1) is 11.3 Å². The van der Waals surface area contributed by atoms with Crippen LogP contribution in [0.25, 0.3) is 22.2 Å². The summed E-state index contributed by atoms with van der Waals surface area (Å²) in [5, 5.41) is 13.0. The average molecular weight is 571 g/mol. The van der Waals surface area contributed by atoms with E-state index in [1.54, 1.807) is 6.92 Å². The van der Waals surface area contributed by atoms with Crippen molar-refractivity contribution in [3.63, 3.8) is 0 Å². The molecule has 0 spiro atoms. The van der Waals surface area contributed by atoms with Crippen LogP contribution in [0.3, 0.4) is 0 Å². The van der Waals surface area contributed by atoms with Gasteiger partial charge in [0.15, 0.2) is 0 Å². The Morgan fingerprint density at radius 2 is 1.63 bits per heavy atom. The molecule has 0 bridgehead atoms. The lowest BCUT2D eigenvalue weighted by Crippen LogP contribution is -2.47. The molecule has 0 aliphatic rings. The first kappa shape index (κ1) is 29.7. The first-order chi connectivity index (χ1) is 19.8. The minimum atomic E-state index is -4.00. The molecule has 4 rings (SSSR count). The molecule has 9 heteroatoms. The molecule has 41 heavy (non-hydrogen) atoms. The van der Waals surface area contributed by atoms with Crippen molar-refractivity contribution in [3.8, 4) is 17.3 Å². The Balaban J connectivity index is 1.48. The van der Waals surface area contributed by atoms with Crippen molar-refractivity contribution >= 4 is 32.6 Å². The SMILES string of the molecule is CC(=O)CCCCC[C@H](NS(=O)(=O)c1ccc(C#N)cc1)C(=O)NCCc1c(-c2ccccc2)[nH]c2ccccc12. The van der Waals surface area contributed by atoms with E-state index < -0.39 is 22.0 Å². The standard InChI is InChI=1S/C32H34N4O4S/c1-23(37)10-4-2-7-15-30(36-41(39,40)26-18-16-24(22-33)17-19-26)32(38)34-21-20-28-27-13-8-9-14-29(27)35-31(28)25-11-5-3-6-12-25/h3,5-6,8-9,11-14,16-19,30,35-36H,2,4,7,10,15,20-21H2,1H3,(H,34,38)/t30-/m0/s1. The average Bonchev–Trinajstić information content (AvgIpc) is 3.35. The quantitative estimate of drug-likeness (QED) is 0.178. The van der Waals surface area contributed by atoms with Gasteiger partial charge in [0.2, 0.25) is 15.9 Å². The number of rotatable bonds is 14. The van der Waals surface area contributed by atoms with Gasteiger partial charge in [-0.3, -0.25) is 4.79 Å². The van der Waals surface area contributed by atoms with Crippen LogP contribution in [-0.4, -0.2) is 37.7 Å². The molecule has 4 aromatic rings. The summed E-state index contributed by atoms with van der Waals surface area (Å²) in [6.07, 6.45) is 3.28. The van der Waals surface area contributed by atoms with Gasteiger partial charge in [0, 0.05) is 29.6 Å². The molecule has 212 valence electrons. The van der Waals surface area contributed by atoms with E-state index in [1.807, 2.05) is 60.7 Å². The number of nitriles is 1. The zero-order chi connectivity index (χ0) is 29.2. The molecule has 1 aromatic heterocycles. The topological polar surface area (TPSA) is 132 Å². The lowest BCUT2D eigenvalue weighted by Gasteiger charge is -2.19. The van der Waals surface area contributed by atoms with Gasteiger partial charge in [0.1, 0.15) is 11.8 Å². The number of para-hydroxylation sites is 1. The van der Waals surface area contributed by atoms with Crippen molar-refractivity contribution < 1.29 is 18.0 Å². The van der Waals surface area contributed by atoms with Crippen LogP contribution in [-0.2, 0) is 26.0 Å². The third-order valence-corrected chi connectivity index (χ3v) is 8.47. The Bertz CT molecular complexity index is 1640. The minimum absolute atomic E-state index is 0.0165. The molecule has 0 fully saturated rings. The van der Waals surface area contributed by atoms with E-state index >= 15 is 0 Å². The van der Waals surface area contributed by atoms with E-state index in [2.05, 4.69) is 15.0 Å². The van der Waals surface area contributed by atoms with E-state index in [1.165, 1.54) is 24.3 Å². The van der Waals surface area contributed by atoms with Gasteiger partial charge in [-0.05, 0) is 67.6 Å². The first-order valence-corrected chi connectivity index (χ1v) is 15.2. The maximum Gasteiger partial charge on any atom is 0.241 e. The number of amides is 1. The van der Waals surface area contributed by atoms with Crippen LogP contribution in [0.15, 0.2) is 83.8 Å². The highest BCUT2D eigenvalue weighted by Crippen LogP contribution is 2.30. The fourth-order valence-electron chi connectivity index (χ4n) is 4.85. The number of aromatic nitrogens is 1. The highest BCUT2D eigenvalue weighted by atomic mass is 32.2. The fraction of sp³-hybridized carbons (Fsp3) is 0.281. The predicted molar refractivity (Wildman–Crippen MR) is 159 cm³/mol. The fourth-order valence-corrected chi connectivity index (χ4v) is 6.08. The second-order valence-corrected chi connectivity index (χ2v) is 11.8. The zero-order valence-corrected chi connectivity index (χ0v) is 23.8. The van der Waals surface area contributed by atoms with Crippen molar-refractivity contribution in [2.75, 3.05) is 6.54 Å². The van der Waals surface area contributed by atoms with E-state index in [4.69, 9.17) is 5.26 Å². The Morgan fingerprint density at radius 1 is 0.927 bits per heavy atom. The minimum Gasteiger partial charge on any atom is -0.354 e. The molecule has 0 radical (unpaired) electrons. The molecule has 3 aromatic carbocycles. The van der Waals surface area contributed by atoms with Crippen LogP contribution >= 0.6 is 0 Å². The van der Waals surface area contributed by atoms with Gasteiger partial charge in [-0.2, -0.15) is 9.98 Å². The number of carbonyl (C=O) groups excluding carboxylic acids is 2. The first-order valence-electron chi connectivity index (χ1n) is 13.7. The number of Topliss-reactive ketones (excluding diaryl/α,β-unsaturated/α-hetero) is 1.